The maximum Gasteiger partial charge on any atom is 0.410 e. The van der Waals surface area contributed by atoms with Gasteiger partial charge in [-0.05, 0) is 45.7 Å². The molecule has 0 unspecified atom stereocenters. The molecule has 5 heteroatoms. The van der Waals surface area contributed by atoms with Crippen LogP contribution in [0.2, 0.25) is 0 Å². The number of benzene rings is 1. The summed E-state index contributed by atoms with van der Waals surface area (Å²) in [6.45, 7) is 6.79. The lowest BCUT2D eigenvalue weighted by atomic mass is 10.2. The number of amides is 1. The van der Waals surface area contributed by atoms with Gasteiger partial charge in [0.05, 0.1) is 11.7 Å². The molecule has 21 heavy (non-hydrogen) atoms. The molecule has 1 aliphatic heterocycles. The molecule has 0 spiro atoms. The first-order valence-electron chi connectivity index (χ1n) is 7.35. The van der Waals surface area contributed by atoms with E-state index in [2.05, 4.69) is 5.32 Å². The number of likely N-dealkylation sites (tertiary alicyclic amines) is 1. The second-order valence-electron chi connectivity index (χ2n) is 6.33. The SMILES string of the molecule is CC(C)(C)OC(=O)N1CCC[C@@H]1CNc1ccccc1F. The van der Waals surface area contributed by atoms with Gasteiger partial charge in [0, 0.05) is 13.1 Å². The number of carbonyl (C=O) groups excluding carboxylic acids is 1. The molecule has 1 fully saturated rings. The zero-order valence-corrected chi connectivity index (χ0v) is 12.9. The quantitative estimate of drug-likeness (QED) is 0.925. The van der Waals surface area contributed by atoms with Crippen molar-refractivity contribution in [1.29, 1.82) is 0 Å². The zero-order valence-electron chi connectivity index (χ0n) is 12.9. The fourth-order valence-electron chi connectivity index (χ4n) is 2.44. The molecule has 1 saturated heterocycles. The lowest BCUT2D eigenvalue weighted by molar-refractivity contribution is 0.0235. The van der Waals surface area contributed by atoms with E-state index in [4.69, 9.17) is 4.74 Å². The summed E-state index contributed by atoms with van der Waals surface area (Å²) in [4.78, 5) is 13.9. The van der Waals surface area contributed by atoms with Gasteiger partial charge in [0.1, 0.15) is 11.4 Å². The normalized spacial score (nSPS) is 18.7. The van der Waals surface area contributed by atoms with E-state index in [1.807, 2.05) is 20.8 Å². The van der Waals surface area contributed by atoms with Crippen molar-refractivity contribution in [3.8, 4) is 0 Å². The predicted molar refractivity (Wildman–Crippen MR) is 80.9 cm³/mol. The van der Waals surface area contributed by atoms with Crippen LogP contribution in [-0.4, -0.2) is 35.7 Å². The Morgan fingerprint density at radius 2 is 2.14 bits per heavy atom. The Balaban J connectivity index is 1.93. The summed E-state index contributed by atoms with van der Waals surface area (Å²) in [6.07, 6.45) is 1.56. The van der Waals surface area contributed by atoms with Crippen molar-refractivity contribution in [2.24, 2.45) is 0 Å². The van der Waals surface area contributed by atoms with E-state index in [-0.39, 0.29) is 18.0 Å². The van der Waals surface area contributed by atoms with Crippen LogP contribution in [0, 0.1) is 5.82 Å². The Bertz CT molecular complexity index is 499. The summed E-state index contributed by atoms with van der Waals surface area (Å²) in [5, 5.41) is 3.08. The monoisotopic (exact) mass is 294 g/mol. The van der Waals surface area contributed by atoms with Crippen LogP contribution in [0.4, 0.5) is 14.9 Å². The maximum absolute atomic E-state index is 13.6. The van der Waals surface area contributed by atoms with Gasteiger partial charge in [0.2, 0.25) is 0 Å². The highest BCUT2D eigenvalue weighted by molar-refractivity contribution is 5.69. The molecule has 2 rings (SSSR count). The summed E-state index contributed by atoms with van der Waals surface area (Å²) < 4.78 is 19.0. The number of nitrogens with zero attached hydrogens (tertiary/aromatic N) is 1. The highest BCUT2D eigenvalue weighted by atomic mass is 19.1. The van der Waals surface area contributed by atoms with Crippen LogP contribution >= 0.6 is 0 Å². The number of hydrogen-bond acceptors (Lipinski definition) is 3. The molecule has 1 aromatic rings. The third-order valence-corrected chi connectivity index (χ3v) is 3.41. The molecule has 1 N–H and O–H groups in total. The molecule has 0 aliphatic carbocycles. The van der Waals surface area contributed by atoms with E-state index in [0.717, 1.165) is 12.8 Å². The molecule has 1 heterocycles. The van der Waals surface area contributed by atoms with Gasteiger partial charge >= 0.3 is 6.09 Å². The van der Waals surface area contributed by atoms with Crippen LogP contribution < -0.4 is 5.32 Å². The van der Waals surface area contributed by atoms with E-state index in [9.17, 15) is 9.18 Å². The number of carbonyl (C=O) groups is 1. The standard InChI is InChI=1S/C16H23FN2O2/c1-16(2,3)21-15(20)19-10-6-7-12(19)11-18-14-9-5-4-8-13(14)17/h4-5,8-9,12,18H,6-7,10-11H2,1-3H3/t12-/m1/s1. The molecule has 0 bridgehead atoms. The highest BCUT2D eigenvalue weighted by Crippen LogP contribution is 2.22. The van der Waals surface area contributed by atoms with Crippen molar-refractivity contribution >= 4 is 11.8 Å². The first-order chi connectivity index (χ1) is 9.87. The third-order valence-electron chi connectivity index (χ3n) is 3.41. The fraction of sp³-hybridized carbons (Fsp3) is 0.562. The Morgan fingerprint density at radius 3 is 2.81 bits per heavy atom. The zero-order chi connectivity index (χ0) is 15.5. The first-order valence-corrected chi connectivity index (χ1v) is 7.35. The van der Waals surface area contributed by atoms with Gasteiger partial charge in [-0.1, -0.05) is 12.1 Å². The van der Waals surface area contributed by atoms with Crippen molar-refractivity contribution in [2.45, 2.75) is 45.3 Å². The van der Waals surface area contributed by atoms with E-state index in [1.54, 1.807) is 23.1 Å². The van der Waals surface area contributed by atoms with Crippen molar-refractivity contribution in [3.05, 3.63) is 30.1 Å². The Morgan fingerprint density at radius 1 is 1.43 bits per heavy atom. The molecule has 116 valence electrons. The van der Waals surface area contributed by atoms with Crippen molar-refractivity contribution < 1.29 is 13.9 Å². The van der Waals surface area contributed by atoms with E-state index < -0.39 is 5.60 Å². The first kappa shape index (κ1) is 15.6. The number of ether oxygens (including phenoxy) is 1. The van der Waals surface area contributed by atoms with Crippen LogP contribution in [0.1, 0.15) is 33.6 Å². The molecule has 4 nitrogen and oxygen atoms in total. The van der Waals surface area contributed by atoms with E-state index in [0.29, 0.717) is 18.8 Å². The maximum atomic E-state index is 13.6. The van der Waals surface area contributed by atoms with Crippen LogP contribution in [0.25, 0.3) is 0 Å². The number of halogens is 1. The summed E-state index contributed by atoms with van der Waals surface area (Å²) in [6, 6.07) is 6.60. The smallest absolute Gasteiger partial charge is 0.410 e. The average molecular weight is 294 g/mol. The second kappa shape index (κ2) is 6.33. The lowest BCUT2D eigenvalue weighted by Gasteiger charge is -2.29. The number of nitrogens with one attached hydrogen (secondary N) is 1. The predicted octanol–water partition coefficient (Wildman–Crippen LogP) is 3.64. The van der Waals surface area contributed by atoms with Gasteiger partial charge < -0.3 is 15.0 Å². The summed E-state index contributed by atoms with van der Waals surface area (Å²) >= 11 is 0. The molecule has 1 aliphatic rings. The Labute approximate surface area is 125 Å². The van der Waals surface area contributed by atoms with Gasteiger partial charge in [-0.3, -0.25) is 0 Å². The Hall–Kier alpha value is -1.78. The molecule has 0 aromatic heterocycles. The van der Waals surface area contributed by atoms with Gasteiger partial charge in [-0.25, -0.2) is 9.18 Å². The van der Waals surface area contributed by atoms with Gasteiger partial charge in [0.25, 0.3) is 0 Å². The second-order valence-corrected chi connectivity index (χ2v) is 6.33. The summed E-state index contributed by atoms with van der Waals surface area (Å²) in [7, 11) is 0. The molecule has 0 radical (unpaired) electrons. The molecule has 1 atom stereocenters. The average Bonchev–Trinajstić information content (AvgIpc) is 2.84. The number of para-hydroxylation sites is 1. The topological polar surface area (TPSA) is 41.6 Å². The van der Waals surface area contributed by atoms with E-state index in [1.165, 1.54) is 6.07 Å². The minimum absolute atomic E-state index is 0.0412. The van der Waals surface area contributed by atoms with Crippen molar-refractivity contribution in [1.82, 2.24) is 4.90 Å². The minimum Gasteiger partial charge on any atom is -0.444 e. The molecule has 0 saturated carbocycles. The van der Waals surface area contributed by atoms with Gasteiger partial charge in [-0.15, -0.1) is 0 Å². The van der Waals surface area contributed by atoms with Gasteiger partial charge in [-0.2, -0.15) is 0 Å². The fourth-order valence-corrected chi connectivity index (χ4v) is 2.44. The molecular weight excluding hydrogens is 271 g/mol. The minimum atomic E-state index is -0.497. The van der Waals surface area contributed by atoms with Crippen LogP contribution in [0.15, 0.2) is 24.3 Å². The number of hydrogen-bond donors (Lipinski definition) is 1. The molecule has 1 aromatic carbocycles. The van der Waals surface area contributed by atoms with Crippen LogP contribution in [-0.2, 0) is 4.74 Å². The summed E-state index contributed by atoms with van der Waals surface area (Å²) in [5.74, 6) is -0.278. The van der Waals surface area contributed by atoms with Crippen molar-refractivity contribution in [3.63, 3.8) is 0 Å². The third kappa shape index (κ3) is 4.34. The number of anilines is 1. The highest BCUT2D eigenvalue weighted by Gasteiger charge is 2.31. The summed E-state index contributed by atoms with van der Waals surface area (Å²) in [5.41, 5.74) is -0.0306. The van der Waals surface area contributed by atoms with Crippen LogP contribution in [0.5, 0.6) is 0 Å². The largest absolute Gasteiger partial charge is 0.444 e. The van der Waals surface area contributed by atoms with Crippen LogP contribution in [0.3, 0.4) is 0 Å². The van der Waals surface area contributed by atoms with E-state index >= 15 is 0 Å². The Kier molecular flexibility index (Phi) is 4.70. The molecular formula is C16H23FN2O2. The number of rotatable bonds is 3. The lowest BCUT2D eigenvalue weighted by Crippen LogP contribution is -2.42. The van der Waals surface area contributed by atoms with Gasteiger partial charge in [0.15, 0.2) is 0 Å². The molecule has 1 amide bonds. The van der Waals surface area contributed by atoms with Crippen molar-refractivity contribution in [2.75, 3.05) is 18.4 Å².